The van der Waals surface area contributed by atoms with E-state index in [4.69, 9.17) is 4.99 Å². The van der Waals surface area contributed by atoms with Gasteiger partial charge in [0.05, 0.1) is 12.6 Å². The lowest BCUT2D eigenvalue weighted by Gasteiger charge is -2.32. The Bertz CT molecular complexity index is 390. The van der Waals surface area contributed by atoms with E-state index in [0.29, 0.717) is 18.5 Å². The minimum absolute atomic E-state index is 0. The summed E-state index contributed by atoms with van der Waals surface area (Å²) < 4.78 is 0. The van der Waals surface area contributed by atoms with Gasteiger partial charge < -0.3 is 15.3 Å². The predicted octanol–water partition coefficient (Wildman–Crippen LogP) is 2.34. The first-order valence-electron chi connectivity index (χ1n) is 8.70. The smallest absolute Gasteiger partial charge is 0.194 e. The van der Waals surface area contributed by atoms with E-state index < -0.39 is 0 Å². The highest BCUT2D eigenvalue weighted by atomic mass is 127. The van der Waals surface area contributed by atoms with E-state index in [1.807, 2.05) is 12.2 Å². The van der Waals surface area contributed by atoms with Crippen LogP contribution in [0.5, 0.6) is 0 Å². The maximum Gasteiger partial charge on any atom is 0.194 e. The normalized spacial score (nSPS) is 19.3. The molecule has 1 fully saturated rings. The molecule has 0 bridgehead atoms. The van der Waals surface area contributed by atoms with Crippen LogP contribution in [-0.4, -0.2) is 72.3 Å². The molecule has 0 aliphatic carbocycles. The third-order valence-electron chi connectivity index (χ3n) is 4.19. The zero-order valence-corrected chi connectivity index (χ0v) is 17.8. The van der Waals surface area contributed by atoms with Gasteiger partial charge in [0.2, 0.25) is 0 Å². The van der Waals surface area contributed by atoms with Gasteiger partial charge >= 0.3 is 0 Å². The van der Waals surface area contributed by atoms with Crippen LogP contribution >= 0.6 is 24.0 Å². The van der Waals surface area contributed by atoms with Gasteiger partial charge in [-0.15, -0.1) is 37.1 Å². The van der Waals surface area contributed by atoms with Crippen molar-refractivity contribution in [3.05, 3.63) is 25.3 Å². The van der Waals surface area contributed by atoms with Crippen LogP contribution in [0, 0.1) is 5.92 Å². The number of aliphatic imine (C=N–C) groups is 1. The number of hydrogen-bond acceptors (Lipinski definition) is 3. The lowest BCUT2D eigenvalue weighted by molar-refractivity contribution is 0.186. The lowest BCUT2D eigenvalue weighted by Crippen LogP contribution is -2.44. The number of aliphatic hydroxyl groups is 1. The highest BCUT2D eigenvalue weighted by Gasteiger charge is 2.24. The molecule has 0 spiro atoms. The largest absolute Gasteiger partial charge is 0.391 e. The topological polar surface area (TPSA) is 51.1 Å². The molecule has 2 N–H and O–H groups in total. The molecule has 1 rings (SSSR count). The van der Waals surface area contributed by atoms with Crippen molar-refractivity contribution in [2.75, 3.05) is 39.3 Å². The summed E-state index contributed by atoms with van der Waals surface area (Å²) in [7, 11) is 0. The van der Waals surface area contributed by atoms with Gasteiger partial charge in [0, 0.05) is 38.8 Å². The number of likely N-dealkylation sites (tertiary alicyclic amines) is 1. The summed E-state index contributed by atoms with van der Waals surface area (Å²) in [4.78, 5) is 9.35. The van der Waals surface area contributed by atoms with E-state index in [1.165, 1.54) is 0 Å². The van der Waals surface area contributed by atoms with Crippen molar-refractivity contribution in [2.24, 2.45) is 10.9 Å². The van der Waals surface area contributed by atoms with Gasteiger partial charge in [0.25, 0.3) is 0 Å². The van der Waals surface area contributed by atoms with E-state index >= 15 is 0 Å². The first-order chi connectivity index (χ1) is 11.0. The highest BCUT2D eigenvalue weighted by molar-refractivity contribution is 14.0. The Morgan fingerprint density at radius 2 is 2.00 bits per heavy atom. The van der Waals surface area contributed by atoms with Crippen LogP contribution in [0.1, 0.15) is 27.2 Å². The predicted molar refractivity (Wildman–Crippen MR) is 114 cm³/mol. The first-order valence-corrected chi connectivity index (χ1v) is 8.70. The number of aliphatic hydroxyl groups excluding tert-OH is 1. The number of nitrogens with zero attached hydrogens (tertiary/aromatic N) is 3. The zero-order chi connectivity index (χ0) is 17.2. The van der Waals surface area contributed by atoms with Crippen LogP contribution in [0.25, 0.3) is 0 Å². The Morgan fingerprint density at radius 1 is 1.38 bits per heavy atom. The molecule has 2 atom stereocenters. The van der Waals surface area contributed by atoms with Crippen molar-refractivity contribution in [3.63, 3.8) is 0 Å². The summed E-state index contributed by atoms with van der Waals surface area (Å²) in [5, 5.41) is 13.1. The fraction of sp³-hybridized carbons (Fsp3) is 0.722. The minimum atomic E-state index is -0.238. The second kappa shape index (κ2) is 12.7. The summed E-state index contributed by atoms with van der Waals surface area (Å²) in [6.45, 7) is 19.0. The number of rotatable bonds is 9. The molecule has 0 aromatic carbocycles. The fourth-order valence-corrected chi connectivity index (χ4v) is 2.96. The average Bonchev–Trinajstić information content (AvgIpc) is 2.93. The van der Waals surface area contributed by atoms with E-state index in [2.05, 4.69) is 49.0 Å². The molecule has 0 saturated carbocycles. The van der Waals surface area contributed by atoms with Gasteiger partial charge in [0.1, 0.15) is 0 Å². The molecule has 1 saturated heterocycles. The summed E-state index contributed by atoms with van der Waals surface area (Å²) in [5.74, 6) is 1.40. The molecule has 6 heteroatoms. The Hall–Kier alpha value is -0.600. The fourth-order valence-electron chi connectivity index (χ4n) is 2.96. The van der Waals surface area contributed by atoms with Crippen molar-refractivity contribution in [1.29, 1.82) is 0 Å². The maximum atomic E-state index is 9.76. The van der Waals surface area contributed by atoms with Gasteiger partial charge in [-0.1, -0.05) is 26.0 Å². The van der Waals surface area contributed by atoms with Gasteiger partial charge in [-0.2, -0.15) is 0 Å². The van der Waals surface area contributed by atoms with Gasteiger partial charge in [-0.3, -0.25) is 9.89 Å². The van der Waals surface area contributed by atoms with Gasteiger partial charge in [-0.25, -0.2) is 0 Å². The van der Waals surface area contributed by atoms with Crippen molar-refractivity contribution in [3.8, 4) is 0 Å². The molecule has 0 aromatic rings. The first kappa shape index (κ1) is 23.4. The molecule has 24 heavy (non-hydrogen) atoms. The number of β-amino-alcohol motifs (C(OH)–C–C–N with tert-alkyl or cyclic N) is 1. The number of nitrogens with one attached hydrogen (secondary N) is 1. The molecule has 0 radical (unpaired) electrons. The molecule has 1 aliphatic rings. The molecule has 1 aliphatic heterocycles. The van der Waals surface area contributed by atoms with Crippen LogP contribution in [-0.2, 0) is 0 Å². The summed E-state index contributed by atoms with van der Waals surface area (Å²) in [5.41, 5.74) is 0. The summed E-state index contributed by atoms with van der Waals surface area (Å²) in [6.07, 6.45) is 4.45. The number of halogens is 1. The highest BCUT2D eigenvalue weighted by Crippen LogP contribution is 2.13. The Kier molecular flexibility index (Phi) is 12.4. The molecular formula is C18H35IN4O. The summed E-state index contributed by atoms with van der Waals surface area (Å²) in [6, 6.07) is 0.340. The molecule has 1 unspecified atom stereocenters. The third kappa shape index (κ3) is 7.53. The maximum absolute atomic E-state index is 9.76. The van der Waals surface area contributed by atoms with Crippen molar-refractivity contribution < 1.29 is 5.11 Å². The van der Waals surface area contributed by atoms with Gasteiger partial charge in [-0.05, 0) is 19.3 Å². The van der Waals surface area contributed by atoms with Crippen LogP contribution < -0.4 is 5.32 Å². The van der Waals surface area contributed by atoms with E-state index in [-0.39, 0.29) is 30.1 Å². The second-order valence-electron chi connectivity index (χ2n) is 6.43. The van der Waals surface area contributed by atoms with Crippen molar-refractivity contribution >= 4 is 29.9 Å². The standard InChI is InChI=1S/C18H34N4O.HI/c1-6-10-21(11-7-2)17(15(4)5)13-20-18(19-8-3)22-12-9-16(23)14-22;/h6-7,15-17,23H,1-2,8-14H2,3-5H3,(H,19,20);1H/t16-,17?;/m1./s1. The van der Waals surface area contributed by atoms with E-state index in [9.17, 15) is 5.11 Å². The van der Waals surface area contributed by atoms with Crippen LogP contribution in [0.2, 0.25) is 0 Å². The zero-order valence-electron chi connectivity index (χ0n) is 15.4. The monoisotopic (exact) mass is 450 g/mol. The average molecular weight is 450 g/mol. The molecular weight excluding hydrogens is 415 g/mol. The van der Waals surface area contributed by atoms with Crippen LogP contribution in [0.4, 0.5) is 0 Å². The van der Waals surface area contributed by atoms with Crippen LogP contribution in [0.15, 0.2) is 30.3 Å². The molecule has 1 heterocycles. The summed E-state index contributed by atoms with van der Waals surface area (Å²) >= 11 is 0. The Labute approximate surface area is 164 Å². The minimum Gasteiger partial charge on any atom is -0.391 e. The molecule has 5 nitrogen and oxygen atoms in total. The van der Waals surface area contributed by atoms with E-state index in [1.54, 1.807) is 0 Å². The van der Waals surface area contributed by atoms with E-state index in [0.717, 1.165) is 45.1 Å². The van der Waals surface area contributed by atoms with Crippen LogP contribution in [0.3, 0.4) is 0 Å². The van der Waals surface area contributed by atoms with Crippen molar-refractivity contribution in [2.45, 2.75) is 39.3 Å². The third-order valence-corrected chi connectivity index (χ3v) is 4.19. The SMILES string of the molecule is C=CCN(CC=C)C(CN=C(NCC)N1CC[C@@H](O)C1)C(C)C.I. The molecule has 0 amide bonds. The Morgan fingerprint density at radius 3 is 2.42 bits per heavy atom. The van der Waals surface area contributed by atoms with Crippen molar-refractivity contribution in [1.82, 2.24) is 15.1 Å². The second-order valence-corrected chi connectivity index (χ2v) is 6.43. The van der Waals surface area contributed by atoms with Gasteiger partial charge in [0.15, 0.2) is 5.96 Å². The Balaban J connectivity index is 0.00000529. The number of hydrogen-bond donors (Lipinski definition) is 2. The number of guanidine groups is 1. The molecule has 0 aromatic heterocycles. The molecule has 140 valence electrons. The lowest BCUT2D eigenvalue weighted by atomic mass is 10.0. The quantitative estimate of drug-likeness (QED) is 0.245.